The maximum Gasteiger partial charge on any atom is 0.320 e. The van der Waals surface area contributed by atoms with Crippen LogP contribution in [0.25, 0.3) is 0 Å². The Morgan fingerprint density at radius 2 is 2.14 bits per heavy atom. The van der Waals surface area contributed by atoms with E-state index in [-0.39, 0.29) is 6.03 Å². The second-order valence-corrected chi connectivity index (χ2v) is 3.73. The molecule has 0 spiro atoms. The Morgan fingerprint density at radius 1 is 1.43 bits per heavy atom. The van der Waals surface area contributed by atoms with Gasteiger partial charge >= 0.3 is 6.03 Å². The van der Waals surface area contributed by atoms with Crippen molar-refractivity contribution < 1.29 is 4.79 Å². The smallest absolute Gasteiger partial charge is 0.320 e. The van der Waals surface area contributed by atoms with Gasteiger partial charge in [-0.05, 0) is 26.8 Å². The molecule has 0 aromatic rings. The molecule has 0 aromatic carbocycles. The number of likely N-dealkylation sites (N-methyl/N-ethyl adjacent to an activating group) is 1. The molecule has 1 rings (SSSR count). The Balaban J connectivity index is 2.55. The largest absolute Gasteiger partial charge is 0.328 e. The summed E-state index contributed by atoms with van der Waals surface area (Å²) in [5, 5.41) is 3.29. The molecule has 1 saturated heterocycles. The fourth-order valence-electron chi connectivity index (χ4n) is 1.81. The van der Waals surface area contributed by atoms with E-state index in [0.717, 1.165) is 32.6 Å². The van der Waals surface area contributed by atoms with Gasteiger partial charge in [0.1, 0.15) is 0 Å². The molecule has 1 unspecified atom stereocenters. The lowest BCUT2D eigenvalue weighted by Gasteiger charge is -2.31. The summed E-state index contributed by atoms with van der Waals surface area (Å²) in [6, 6.07) is 0.546. The van der Waals surface area contributed by atoms with Crippen LogP contribution in [0.1, 0.15) is 20.3 Å². The van der Waals surface area contributed by atoms with Crippen molar-refractivity contribution >= 4 is 6.03 Å². The molecule has 1 fully saturated rings. The molecule has 2 amide bonds. The number of nitrogens with one attached hydrogen (secondary N) is 1. The van der Waals surface area contributed by atoms with E-state index >= 15 is 0 Å². The van der Waals surface area contributed by atoms with Crippen molar-refractivity contribution in [2.75, 3.05) is 33.2 Å². The predicted octanol–water partition coefficient (Wildman–Crippen LogP) is 0.742. The third kappa shape index (κ3) is 2.38. The van der Waals surface area contributed by atoms with Crippen LogP contribution in [-0.2, 0) is 0 Å². The van der Waals surface area contributed by atoms with Gasteiger partial charge in [0, 0.05) is 32.7 Å². The number of carbonyl (C=O) groups is 1. The molecule has 4 heteroatoms. The van der Waals surface area contributed by atoms with Crippen molar-refractivity contribution in [3.8, 4) is 0 Å². The van der Waals surface area contributed by atoms with E-state index in [1.165, 1.54) is 0 Å². The topological polar surface area (TPSA) is 35.6 Å². The summed E-state index contributed by atoms with van der Waals surface area (Å²) in [7, 11) is 1.85. The van der Waals surface area contributed by atoms with Gasteiger partial charge in [-0.3, -0.25) is 0 Å². The van der Waals surface area contributed by atoms with E-state index in [2.05, 4.69) is 5.32 Å². The average Bonchev–Trinajstić information content (AvgIpc) is 2.71. The van der Waals surface area contributed by atoms with Crippen LogP contribution in [-0.4, -0.2) is 55.1 Å². The molecule has 0 aromatic heterocycles. The van der Waals surface area contributed by atoms with E-state index in [0.29, 0.717) is 6.04 Å². The van der Waals surface area contributed by atoms with Gasteiger partial charge in [-0.15, -0.1) is 0 Å². The van der Waals surface area contributed by atoms with Crippen LogP contribution in [0.2, 0.25) is 0 Å². The minimum absolute atomic E-state index is 0.156. The molecule has 4 nitrogen and oxygen atoms in total. The zero-order valence-corrected chi connectivity index (χ0v) is 9.42. The Kier molecular flexibility index (Phi) is 4.20. The predicted molar refractivity (Wildman–Crippen MR) is 57.4 cm³/mol. The number of urea groups is 1. The number of hydrogen-bond acceptors (Lipinski definition) is 2. The zero-order valence-electron chi connectivity index (χ0n) is 9.42. The van der Waals surface area contributed by atoms with Crippen molar-refractivity contribution in [2.24, 2.45) is 0 Å². The Hall–Kier alpha value is -0.770. The summed E-state index contributed by atoms with van der Waals surface area (Å²) in [6.45, 7) is 7.59. The molecule has 14 heavy (non-hydrogen) atoms. The highest BCUT2D eigenvalue weighted by Crippen LogP contribution is 2.10. The fraction of sp³-hybridized carbons (Fsp3) is 0.900. The molecule has 1 heterocycles. The molecule has 1 aliphatic rings. The van der Waals surface area contributed by atoms with Gasteiger partial charge < -0.3 is 15.1 Å². The standard InChI is InChI=1S/C10H21N3O/c1-4-12(3)10(14)13(5-2)9-6-7-11-8-9/h9,11H,4-8H2,1-3H3. The second kappa shape index (κ2) is 5.20. The minimum Gasteiger partial charge on any atom is -0.328 e. The van der Waals surface area contributed by atoms with Gasteiger partial charge in [-0.25, -0.2) is 4.79 Å². The molecule has 82 valence electrons. The zero-order chi connectivity index (χ0) is 10.6. The van der Waals surface area contributed by atoms with Crippen LogP contribution in [0.4, 0.5) is 4.79 Å². The monoisotopic (exact) mass is 199 g/mol. The second-order valence-electron chi connectivity index (χ2n) is 3.73. The average molecular weight is 199 g/mol. The molecule has 1 aliphatic heterocycles. The molecule has 0 radical (unpaired) electrons. The minimum atomic E-state index is 0.156. The van der Waals surface area contributed by atoms with Crippen LogP contribution < -0.4 is 5.32 Å². The highest BCUT2D eigenvalue weighted by molar-refractivity contribution is 5.74. The molecule has 0 bridgehead atoms. The van der Waals surface area contributed by atoms with Crippen LogP contribution in [0.3, 0.4) is 0 Å². The Morgan fingerprint density at radius 3 is 2.57 bits per heavy atom. The van der Waals surface area contributed by atoms with Gasteiger partial charge in [-0.2, -0.15) is 0 Å². The fourth-order valence-corrected chi connectivity index (χ4v) is 1.81. The summed E-state index contributed by atoms with van der Waals surface area (Å²) in [6.07, 6.45) is 1.08. The Bertz CT molecular complexity index is 190. The van der Waals surface area contributed by atoms with Gasteiger partial charge in [0.05, 0.1) is 0 Å². The van der Waals surface area contributed by atoms with E-state index in [4.69, 9.17) is 0 Å². The molecular formula is C10H21N3O. The number of nitrogens with zero attached hydrogens (tertiary/aromatic N) is 2. The molecule has 1 atom stereocenters. The summed E-state index contributed by atoms with van der Waals surface area (Å²) < 4.78 is 0. The van der Waals surface area contributed by atoms with E-state index < -0.39 is 0 Å². The third-order valence-electron chi connectivity index (χ3n) is 2.86. The lowest BCUT2D eigenvalue weighted by molar-refractivity contribution is 0.150. The first kappa shape index (κ1) is 11.3. The van der Waals surface area contributed by atoms with Gasteiger partial charge in [0.15, 0.2) is 0 Å². The SMILES string of the molecule is CCN(C)C(=O)N(CC)C1CCNC1. The van der Waals surface area contributed by atoms with Gasteiger partial charge in [0.2, 0.25) is 0 Å². The van der Waals surface area contributed by atoms with Gasteiger partial charge in [-0.1, -0.05) is 0 Å². The molecular weight excluding hydrogens is 178 g/mol. The first-order valence-corrected chi connectivity index (χ1v) is 5.43. The first-order valence-electron chi connectivity index (χ1n) is 5.43. The number of rotatable bonds is 3. The van der Waals surface area contributed by atoms with Crippen LogP contribution >= 0.6 is 0 Å². The van der Waals surface area contributed by atoms with Crippen LogP contribution in [0, 0.1) is 0 Å². The molecule has 0 aliphatic carbocycles. The van der Waals surface area contributed by atoms with Crippen LogP contribution in [0.5, 0.6) is 0 Å². The lowest BCUT2D eigenvalue weighted by Crippen LogP contribution is -2.47. The van der Waals surface area contributed by atoms with Crippen LogP contribution in [0.15, 0.2) is 0 Å². The summed E-state index contributed by atoms with van der Waals surface area (Å²) in [4.78, 5) is 15.6. The summed E-state index contributed by atoms with van der Waals surface area (Å²) in [5.74, 6) is 0. The quantitative estimate of drug-likeness (QED) is 0.727. The number of hydrogen-bond donors (Lipinski definition) is 1. The molecule has 0 saturated carbocycles. The normalized spacial score (nSPS) is 20.9. The highest BCUT2D eigenvalue weighted by Gasteiger charge is 2.26. The van der Waals surface area contributed by atoms with Crippen molar-refractivity contribution in [3.63, 3.8) is 0 Å². The summed E-state index contributed by atoms with van der Waals surface area (Å²) in [5.41, 5.74) is 0. The van der Waals surface area contributed by atoms with Crippen molar-refractivity contribution in [2.45, 2.75) is 26.3 Å². The highest BCUT2D eigenvalue weighted by atomic mass is 16.2. The van der Waals surface area contributed by atoms with E-state index in [1.807, 2.05) is 25.8 Å². The number of amides is 2. The first-order chi connectivity index (χ1) is 6.70. The van der Waals surface area contributed by atoms with Crippen molar-refractivity contribution in [3.05, 3.63) is 0 Å². The van der Waals surface area contributed by atoms with Crippen molar-refractivity contribution in [1.29, 1.82) is 0 Å². The lowest BCUT2D eigenvalue weighted by atomic mass is 10.2. The third-order valence-corrected chi connectivity index (χ3v) is 2.86. The van der Waals surface area contributed by atoms with E-state index in [1.54, 1.807) is 4.90 Å². The maximum atomic E-state index is 11.9. The maximum absolute atomic E-state index is 11.9. The Labute approximate surface area is 86.2 Å². The molecule has 1 N–H and O–H groups in total. The number of carbonyl (C=O) groups excluding carboxylic acids is 1. The van der Waals surface area contributed by atoms with E-state index in [9.17, 15) is 4.79 Å². The summed E-state index contributed by atoms with van der Waals surface area (Å²) >= 11 is 0. The van der Waals surface area contributed by atoms with Crippen molar-refractivity contribution in [1.82, 2.24) is 15.1 Å². The van der Waals surface area contributed by atoms with Gasteiger partial charge in [0.25, 0.3) is 0 Å².